The van der Waals surface area contributed by atoms with Crippen LogP contribution in [0.5, 0.6) is 0 Å². The molecule has 0 aliphatic carbocycles. The number of benzene rings is 1. The van der Waals surface area contributed by atoms with Crippen LogP contribution < -0.4 is 15.8 Å². The van der Waals surface area contributed by atoms with Crippen LogP contribution in [0.25, 0.3) is 10.9 Å². The van der Waals surface area contributed by atoms with E-state index in [0.29, 0.717) is 5.39 Å². The van der Waals surface area contributed by atoms with Gasteiger partial charge in [-0.25, -0.2) is 4.98 Å². The zero-order valence-electron chi connectivity index (χ0n) is 10.1. The largest absolute Gasteiger partial charge is 0.370 e. The Balaban J connectivity index is 1.99. The monoisotopic (exact) mass is 244 g/mol. The number of anilines is 1. The first-order chi connectivity index (χ1) is 8.84. The molecule has 1 aliphatic heterocycles. The third kappa shape index (κ3) is 2.09. The molecule has 0 spiro atoms. The lowest BCUT2D eigenvalue weighted by Crippen LogP contribution is -2.27. The summed E-state index contributed by atoms with van der Waals surface area (Å²) in [7, 11) is 0. The molecule has 1 saturated heterocycles. The van der Waals surface area contributed by atoms with E-state index >= 15 is 0 Å². The van der Waals surface area contributed by atoms with E-state index in [4.69, 9.17) is 0 Å². The molecule has 1 aromatic heterocycles. The number of nitrogens with zero attached hydrogens (tertiary/aromatic N) is 2. The number of nitrogens with one attached hydrogen (secondary N) is 2. The van der Waals surface area contributed by atoms with E-state index in [-0.39, 0.29) is 5.56 Å². The zero-order chi connectivity index (χ0) is 12.4. The molecule has 0 amide bonds. The molecule has 0 atom stereocenters. The predicted molar refractivity (Wildman–Crippen MR) is 72.1 cm³/mol. The van der Waals surface area contributed by atoms with Gasteiger partial charge in [-0.2, -0.15) is 0 Å². The van der Waals surface area contributed by atoms with Crippen LogP contribution in [0.4, 0.5) is 5.69 Å². The second kappa shape index (κ2) is 4.78. The molecule has 0 saturated carbocycles. The summed E-state index contributed by atoms with van der Waals surface area (Å²) in [5.41, 5.74) is 1.82. The van der Waals surface area contributed by atoms with Crippen molar-refractivity contribution in [3.05, 3.63) is 34.9 Å². The Labute approximate surface area is 105 Å². The van der Waals surface area contributed by atoms with Crippen molar-refractivity contribution in [2.75, 3.05) is 31.1 Å². The minimum absolute atomic E-state index is 0.0796. The van der Waals surface area contributed by atoms with Gasteiger partial charge in [0.1, 0.15) is 0 Å². The van der Waals surface area contributed by atoms with Crippen molar-refractivity contribution < 1.29 is 0 Å². The normalized spacial score (nSPS) is 16.8. The molecule has 2 heterocycles. The highest BCUT2D eigenvalue weighted by molar-refractivity contribution is 5.81. The fraction of sp³-hybridized carbons (Fsp3) is 0.385. The Kier molecular flexibility index (Phi) is 2.98. The summed E-state index contributed by atoms with van der Waals surface area (Å²) < 4.78 is 0. The van der Waals surface area contributed by atoms with Crippen LogP contribution in [0.15, 0.2) is 29.3 Å². The van der Waals surface area contributed by atoms with E-state index in [2.05, 4.69) is 20.2 Å². The number of aromatic nitrogens is 2. The minimum atomic E-state index is -0.0796. The Morgan fingerprint density at radius 1 is 1.22 bits per heavy atom. The van der Waals surface area contributed by atoms with Crippen LogP contribution >= 0.6 is 0 Å². The van der Waals surface area contributed by atoms with Gasteiger partial charge in [0.2, 0.25) is 0 Å². The second-order valence-electron chi connectivity index (χ2n) is 4.52. The molecule has 1 aliphatic rings. The van der Waals surface area contributed by atoms with E-state index in [9.17, 15) is 4.79 Å². The van der Waals surface area contributed by atoms with Gasteiger partial charge in [-0.3, -0.25) is 4.79 Å². The molecule has 94 valence electrons. The number of H-pyrrole nitrogens is 1. The van der Waals surface area contributed by atoms with Crippen LogP contribution in [0.2, 0.25) is 0 Å². The third-order valence-corrected chi connectivity index (χ3v) is 3.33. The highest BCUT2D eigenvalue weighted by atomic mass is 16.1. The molecule has 5 heteroatoms. The van der Waals surface area contributed by atoms with Gasteiger partial charge in [-0.1, -0.05) is 0 Å². The maximum absolute atomic E-state index is 11.6. The molecule has 2 aromatic rings. The van der Waals surface area contributed by atoms with E-state index in [1.807, 2.05) is 18.2 Å². The second-order valence-corrected chi connectivity index (χ2v) is 4.52. The maximum atomic E-state index is 11.6. The molecule has 0 bridgehead atoms. The van der Waals surface area contributed by atoms with Crippen molar-refractivity contribution in [2.24, 2.45) is 0 Å². The van der Waals surface area contributed by atoms with Crippen LogP contribution in [-0.4, -0.2) is 36.1 Å². The first-order valence-corrected chi connectivity index (χ1v) is 6.28. The average molecular weight is 244 g/mol. The fourth-order valence-corrected chi connectivity index (χ4v) is 2.36. The molecule has 0 radical (unpaired) electrons. The smallest absolute Gasteiger partial charge is 0.258 e. The average Bonchev–Trinajstić information content (AvgIpc) is 2.67. The van der Waals surface area contributed by atoms with Gasteiger partial charge < -0.3 is 15.2 Å². The lowest BCUT2D eigenvalue weighted by Gasteiger charge is -2.22. The highest BCUT2D eigenvalue weighted by Gasteiger charge is 2.10. The van der Waals surface area contributed by atoms with Gasteiger partial charge in [-0.15, -0.1) is 0 Å². The maximum Gasteiger partial charge on any atom is 0.258 e. The van der Waals surface area contributed by atoms with Crippen molar-refractivity contribution in [1.29, 1.82) is 0 Å². The van der Waals surface area contributed by atoms with E-state index in [1.165, 1.54) is 6.33 Å². The topological polar surface area (TPSA) is 61.0 Å². The van der Waals surface area contributed by atoms with Crippen molar-refractivity contribution in [1.82, 2.24) is 15.3 Å². The van der Waals surface area contributed by atoms with Gasteiger partial charge in [0.05, 0.1) is 17.2 Å². The summed E-state index contributed by atoms with van der Waals surface area (Å²) in [5.74, 6) is 0. The first kappa shape index (κ1) is 11.2. The van der Waals surface area contributed by atoms with Crippen molar-refractivity contribution in [3.8, 4) is 0 Å². The Hall–Kier alpha value is -1.88. The van der Waals surface area contributed by atoms with Gasteiger partial charge >= 0.3 is 0 Å². The molecule has 1 fully saturated rings. The number of rotatable bonds is 1. The van der Waals surface area contributed by atoms with Crippen molar-refractivity contribution in [2.45, 2.75) is 6.42 Å². The summed E-state index contributed by atoms with van der Waals surface area (Å²) in [4.78, 5) is 20.8. The van der Waals surface area contributed by atoms with Gasteiger partial charge in [-0.05, 0) is 31.2 Å². The summed E-state index contributed by atoms with van der Waals surface area (Å²) in [5, 5.41) is 4.03. The summed E-state index contributed by atoms with van der Waals surface area (Å²) in [6, 6.07) is 5.86. The summed E-state index contributed by atoms with van der Waals surface area (Å²) in [6.07, 6.45) is 2.60. The molecular formula is C13H16N4O. The lowest BCUT2D eigenvalue weighted by molar-refractivity contribution is 0.724. The third-order valence-electron chi connectivity index (χ3n) is 3.33. The summed E-state index contributed by atoms with van der Waals surface area (Å²) >= 11 is 0. The zero-order valence-corrected chi connectivity index (χ0v) is 10.1. The molecule has 18 heavy (non-hydrogen) atoms. The van der Waals surface area contributed by atoms with Crippen LogP contribution in [0, 0.1) is 0 Å². The Bertz CT molecular complexity index is 599. The van der Waals surface area contributed by atoms with E-state index in [0.717, 1.165) is 43.8 Å². The van der Waals surface area contributed by atoms with E-state index in [1.54, 1.807) is 0 Å². The standard InChI is InChI=1S/C13H16N4O/c18-13-11-3-2-10(8-12(11)15-9-16-13)17-6-1-4-14-5-7-17/h2-3,8-9,14H,1,4-7H2,(H,15,16,18). The molecule has 2 N–H and O–H groups in total. The highest BCUT2D eigenvalue weighted by Crippen LogP contribution is 2.19. The first-order valence-electron chi connectivity index (χ1n) is 6.28. The fourth-order valence-electron chi connectivity index (χ4n) is 2.36. The SMILES string of the molecule is O=c1[nH]cnc2cc(N3CCCNCC3)ccc12. The molecule has 5 nitrogen and oxygen atoms in total. The number of aromatic amines is 1. The molecule has 3 rings (SSSR count). The van der Waals surface area contributed by atoms with Crippen molar-refractivity contribution >= 4 is 16.6 Å². The molecule has 1 aromatic carbocycles. The van der Waals surface area contributed by atoms with Gasteiger partial charge in [0, 0.05) is 25.3 Å². The van der Waals surface area contributed by atoms with E-state index < -0.39 is 0 Å². The molecule has 0 unspecified atom stereocenters. The predicted octanol–water partition coefficient (Wildman–Crippen LogP) is 0.723. The summed E-state index contributed by atoms with van der Waals surface area (Å²) in [6.45, 7) is 4.11. The number of hydrogen-bond acceptors (Lipinski definition) is 4. The van der Waals surface area contributed by atoms with Crippen LogP contribution in [-0.2, 0) is 0 Å². The lowest BCUT2D eigenvalue weighted by atomic mass is 10.2. The molecular weight excluding hydrogens is 228 g/mol. The van der Waals surface area contributed by atoms with Gasteiger partial charge in [0.25, 0.3) is 5.56 Å². The minimum Gasteiger partial charge on any atom is -0.370 e. The van der Waals surface area contributed by atoms with Crippen LogP contribution in [0.1, 0.15) is 6.42 Å². The number of fused-ring (bicyclic) bond motifs is 1. The quantitative estimate of drug-likeness (QED) is 0.776. The van der Waals surface area contributed by atoms with Crippen LogP contribution in [0.3, 0.4) is 0 Å². The Morgan fingerprint density at radius 2 is 2.17 bits per heavy atom. The Morgan fingerprint density at radius 3 is 3.11 bits per heavy atom. The van der Waals surface area contributed by atoms with Crippen molar-refractivity contribution in [3.63, 3.8) is 0 Å². The number of hydrogen-bond donors (Lipinski definition) is 2. The van der Waals surface area contributed by atoms with Gasteiger partial charge in [0.15, 0.2) is 0 Å².